The number of anilines is 1. The smallest absolute Gasteiger partial charge is 0.234 e. The number of nitrogens with zero attached hydrogens (tertiary/aromatic N) is 3. The third kappa shape index (κ3) is 7.48. The van der Waals surface area contributed by atoms with Gasteiger partial charge in [0.1, 0.15) is 11.6 Å². The highest BCUT2D eigenvalue weighted by Crippen LogP contribution is 2.24. The zero-order valence-corrected chi connectivity index (χ0v) is 21.3. The molecule has 180 valence electrons. The Morgan fingerprint density at radius 1 is 1.12 bits per heavy atom. The Morgan fingerprint density at radius 3 is 2.47 bits per heavy atom. The Bertz CT molecular complexity index is 1080. The van der Waals surface area contributed by atoms with Gasteiger partial charge in [0.15, 0.2) is 5.16 Å². The van der Waals surface area contributed by atoms with Crippen LogP contribution < -0.4 is 10.1 Å². The zero-order chi connectivity index (χ0) is 24.6. The maximum Gasteiger partial charge on any atom is 0.234 e. The van der Waals surface area contributed by atoms with Crippen molar-refractivity contribution in [3.05, 3.63) is 78.1 Å². The monoisotopic (exact) mass is 478 g/mol. The van der Waals surface area contributed by atoms with Gasteiger partial charge in [-0.1, -0.05) is 68.4 Å². The first-order chi connectivity index (χ1) is 16.3. The molecule has 6 nitrogen and oxygen atoms in total. The van der Waals surface area contributed by atoms with E-state index >= 15 is 0 Å². The summed E-state index contributed by atoms with van der Waals surface area (Å²) in [6.07, 6.45) is 3.36. The number of aromatic nitrogens is 3. The molecular weight excluding hydrogens is 444 g/mol. The van der Waals surface area contributed by atoms with Crippen molar-refractivity contribution < 1.29 is 9.53 Å². The summed E-state index contributed by atoms with van der Waals surface area (Å²) in [6, 6.07) is 16.0. The fourth-order valence-electron chi connectivity index (χ4n) is 3.36. The highest BCUT2D eigenvalue weighted by molar-refractivity contribution is 7.99. The fraction of sp³-hybridized carbons (Fsp3) is 0.370. The molecule has 3 aromatic rings. The number of hydrogen-bond acceptors (Lipinski definition) is 5. The van der Waals surface area contributed by atoms with Gasteiger partial charge < -0.3 is 14.6 Å². The van der Waals surface area contributed by atoms with E-state index in [2.05, 4.69) is 55.0 Å². The van der Waals surface area contributed by atoms with Gasteiger partial charge in [0.25, 0.3) is 0 Å². The highest BCUT2D eigenvalue weighted by atomic mass is 32.2. The topological polar surface area (TPSA) is 69.0 Å². The van der Waals surface area contributed by atoms with Gasteiger partial charge in [0.2, 0.25) is 5.91 Å². The van der Waals surface area contributed by atoms with E-state index in [0.717, 1.165) is 35.7 Å². The predicted molar refractivity (Wildman–Crippen MR) is 140 cm³/mol. The minimum absolute atomic E-state index is 0.0746. The van der Waals surface area contributed by atoms with Crippen LogP contribution >= 0.6 is 11.8 Å². The number of thioether (sulfide) groups is 1. The molecule has 0 fully saturated rings. The molecule has 0 unspecified atom stereocenters. The van der Waals surface area contributed by atoms with Crippen LogP contribution in [0.25, 0.3) is 0 Å². The van der Waals surface area contributed by atoms with Crippen molar-refractivity contribution in [1.82, 2.24) is 14.8 Å². The molecule has 0 aliphatic heterocycles. The molecule has 0 saturated carbocycles. The summed E-state index contributed by atoms with van der Waals surface area (Å²) in [5.74, 6) is 1.93. The lowest BCUT2D eigenvalue weighted by molar-refractivity contribution is -0.113. The van der Waals surface area contributed by atoms with Crippen LogP contribution in [0.5, 0.6) is 5.75 Å². The average Bonchev–Trinajstić information content (AvgIpc) is 3.18. The van der Waals surface area contributed by atoms with Gasteiger partial charge in [-0.2, -0.15) is 0 Å². The van der Waals surface area contributed by atoms with Crippen molar-refractivity contribution in [2.75, 3.05) is 17.7 Å². The van der Waals surface area contributed by atoms with Crippen molar-refractivity contribution in [3.63, 3.8) is 0 Å². The molecule has 1 heterocycles. The number of allylic oxidation sites excluding steroid dienone is 1. The maximum absolute atomic E-state index is 12.3. The molecule has 0 aliphatic carbocycles. The summed E-state index contributed by atoms with van der Waals surface area (Å²) in [5.41, 5.74) is 3.36. The zero-order valence-electron chi connectivity index (χ0n) is 20.5. The number of aryl methyl sites for hydroxylation is 2. The summed E-state index contributed by atoms with van der Waals surface area (Å²) < 4.78 is 7.92. The van der Waals surface area contributed by atoms with Crippen molar-refractivity contribution in [1.29, 1.82) is 0 Å². The van der Waals surface area contributed by atoms with Crippen LogP contribution in [0, 0.1) is 6.92 Å². The van der Waals surface area contributed by atoms with Gasteiger partial charge in [-0.25, -0.2) is 0 Å². The van der Waals surface area contributed by atoms with E-state index in [1.54, 1.807) is 0 Å². The molecule has 0 spiro atoms. The van der Waals surface area contributed by atoms with Gasteiger partial charge in [0, 0.05) is 18.7 Å². The second kappa shape index (κ2) is 11.9. The van der Waals surface area contributed by atoms with Crippen LogP contribution in [0.1, 0.15) is 44.1 Å². The number of carbonyl (C=O) groups is 1. The second-order valence-electron chi connectivity index (χ2n) is 9.23. The Labute approximate surface area is 206 Å². The van der Waals surface area contributed by atoms with Crippen LogP contribution in [0.3, 0.4) is 0 Å². The van der Waals surface area contributed by atoms with E-state index in [0.29, 0.717) is 18.3 Å². The SMILES string of the molecule is C=CCn1c(CCCOc2ccc(C(C)(C)C)cc2)nnc1SCC(=O)Nc1ccc(C)cc1. The summed E-state index contributed by atoms with van der Waals surface area (Å²) in [6.45, 7) is 13.7. The quantitative estimate of drug-likeness (QED) is 0.214. The number of carbonyl (C=O) groups excluding carboxylic acids is 1. The molecule has 3 rings (SSSR count). The third-order valence-electron chi connectivity index (χ3n) is 5.31. The molecule has 34 heavy (non-hydrogen) atoms. The minimum atomic E-state index is -0.0746. The lowest BCUT2D eigenvalue weighted by Crippen LogP contribution is -2.14. The number of nitrogens with one attached hydrogen (secondary N) is 1. The van der Waals surface area contributed by atoms with Crippen molar-refractivity contribution >= 4 is 23.4 Å². The third-order valence-corrected chi connectivity index (χ3v) is 6.27. The van der Waals surface area contributed by atoms with E-state index in [1.165, 1.54) is 17.3 Å². The first-order valence-electron chi connectivity index (χ1n) is 11.5. The van der Waals surface area contributed by atoms with Gasteiger partial charge in [0.05, 0.1) is 12.4 Å². The van der Waals surface area contributed by atoms with Crippen molar-refractivity contribution in [2.24, 2.45) is 0 Å². The number of benzene rings is 2. The molecule has 0 radical (unpaired) electrons. The van der Waals surface area contributed by atoms with Crippen LogP contribution in [0.15, 0.2) is 66.3 Å². The summed E-state index contributed by atoms with van der Waals surface area (Å²) in [4.78, 5) is 12.3. The molecule has 0 aliphatic rings. The molecule has 7 heteroatoms. The predicted octanol–water partition coefficient (Wildman–Crippen LogP) is 5.81. The standard InChI is InChI=1S/C27H34N4O2S/c1-6-17-31-24(8-7-18-33-23-15-11-21(12-16-23)27(3,4)5)29-30-26(31)34-19-25(32)28-22-13-9-20(2)10-14-22/h6,9-16H,1,7-8,17-19H2,2-5H3,(H,28,32). The molecule has 0 atom stereocenters. The lowest BCUT2D eigenvalue weighted by atomic mass is 9.87. The first kappa shape index (κ1) is 25.6. The van der Waals surface area contributed by atoms with Gasteiger partial charge in [-0.3, -0.25) is 4.79 Å². The molecule has 2 aromatic carbocycles. The fourth-order valence-corrected chi connectivity index (χ4v) is 4.13. The van der Waals surface area contributed by atoms with Crippen LogP contribution in [0.2, 0.25) is 0 Å². The lowest BCUT2D eigenvalue weighted by Gasteiger charge is -2.19. The van der Waals surface area contributed by atoms with E-state index < -0.39 is 0 Å². The van der Waals surface area contributed by atoms with Crippen molar-refractivity contribution in [3.8, 4) is 5.75 Å². The Kier molecular flexibility index (Phi) is 8.93. The van der Waals surface area contributed by atoms with Crippen molar-refractivity contribution in [2.45, 2.75) is 57.7 Å². The van der Waals surface area contributed by atoms with E-state index in [4.69, 9.17) is 4.74 Å². The molecule has 0 bridgehead atoms. The Morgan fingerprint density at radius 2 is 1.82 bits per heavy atom. The van der Waals surface area contributed by atoms with Crippen LogP contribution in [-0.4, -0.2) is 33.0 Å². The van der Waals surface area contributed by atoms with Crippen LogP contribution in [0.4, 0.5) is 5.69 Å². The summed E-state index contributed by atoms with van der Waals surface area (Å²) in [5, 5.41) is 12.3. The van der Waals surface area contributed by atoms with E-state index in [-0.39, 0.29) is 17.1 Å². The highest BCUT2D eigenvalue weighted by Gasteiger charge is 2.15. The van der Waals surface area contributed by atoms with Crippen LogP contribution in [-0.2, 0) is 23.2 Å². The first-order valence-corrected chi connectivity index (χ1v) is 12.5. The number of amides is 1. The molecule has 1 N–H and O–H groups in total. The second-order valence-corrected chi connectivity index (χ2v) is 10.2. The number of ether oxygens (including phenoxy) is 1. The number of hydrogen-bond donors (Lipinski definition) is 1. The average molecular weight is 479 g/mol. The van der Waals surface area contributed by atoms with E-state index in [9.17, 15) is 4.79 Å². The molecule has 0 saturated heterocycles. The van der Waals surface area contributed by atoms with Gasteiger partial charge in [-0.05, 0) is 48.6 Å². The largest absolute Gasteiger partial charge is 0.494 e. The molecule has 1 amide bonds. The Hall–Kier alpha value is -3.06. The summed E-state index contributed by atoms with van der Waals surface area (Å²) >= 11 is 1.38. The normalized spacial score (nSPS) is 11.3. The molecular formula is C27H34N4O2S. The Balaban J connectivity index is 1.49. The van der Waals surface area contributed by atoms with E-state index in [1.807, 2.05) is 54.0 Å². The minimum Gasteiger partial charge on any atom is -0.494 e. The van der Waals surface area contributed by atoms with Gasteiger partial charge in [-0.15, -0.1) is 16.8 Å². The van der Waals surface area contributed by atoms with Gasteiger partial charge >= 0.3 is 0 Å². The maximum atomic E-state index is 12.3. The molecule has 1 aromatic heterocycles. The summed E-state index contributed by atoms with van der Waals surface area (Å²) in [7, 11) is 0. The number of rotatable bonds is 11.